The fourth-order valence-corrected chi connectivity index (χ4v) is 4.41. The van der Waals surface area contributed by atoms with Crippen molar-refractivity contribution in [1.82, 2.24) is 0 Å². The summed E-state index contributed by atoms with van der Waals surface area (Å²) >= 11 is 0. The van der Waals surface area contributed by atoms with E-state index in [9.17, 15) is 4.79 Å². The van der Waals surface area contributed by atoms with Crippen molar-refractivity contribution in [3.8, 4) is 0 Å². The van der Waals surface area contributed by atoms with E-state index in [-0.39, 0.29) is 22.4 Å². The van der Waals surface area contributed by atoms with Crippen molar-refractivity contribution in [1.29, 1.82) is 0 Å². The lowest BCUT2D eigenvalue weighted by Gasteiger charge is -2.44. The number of ether oxygens (including phenoxy) is 2. The van der Waals surface area contributed by atoms with Gasteiger partial charge in [-0.3, -0.25) is 4.79 Å². The smallest absolute Gasteiger partial charge is 0.172 e. The maximum absolute atomic E-state index is 13.1. The van der Waals surface area contributed by atoms with Gasteiger partial charge in [0, 0.05) is 11.8 Å². The van der Waals surface area contributed by atoms with Crippen LogP contribution in [0.5, 0.6) is 0 Å². The van der Waals surface area contributed by atoms with Gasteiger partial charge < -0.3 is 9.47 Å². The highest BCUT2D eigenvalue weighted by molar-refractivity contribution is 6.03. The molecule has 3 nitrogen and oxygen atoms in total. The topological polar surface area (TPSA) is 38.8 Å². The van der Waals surface area contributed by atoms with Gasteiger partial charge in [-0.05, 0) is 57.6 Å². The van der Waals surface area contributed by atoms with Crippen LogP contribution in [0.2, 0.25) is 0 Å². The van der Waals surface area contributed by atoms with Crippen LogP contribution in [0.15, 0.2) is 23.5 Å². The molecule has 2 fully saturated rings. The summed E-state index contributed by atoms with van der Waals surface area (Å²) in [5.41, 5.74) is 0.199. The molecule has 6 aliphatic rings. The first kappa shape index (κ1) is 14.5. The van der Waals surface area contributed by atoms with E-state index in [2.05, 4.69) is 33.8 Å². The molecule has 0 N–H and O–H groups in total. The second kappa shape index (κ2) is 4.25. The summed E-state index contributed by atoms with van der Waals surface area (Å²) in [6, 6.07) is 0. The highest BCUT2D eigenvalue weighted by Gasteiger charge is 2.55. The Bertz CT molecular complexity index is 604. The minimum atomic E-state index is -0.293. The zero-order valence-corrected chi connectivity index (χ0v) is 14.1. The second-order valence-electron chi connectivity index (χ2n) is 8.39. The van der Waals surface area contributed by atoms with Crippen LogP contribution in [0.4, 0.5) is 0 Å². The van der Waals surface area contributed by atoms with Gasteiger partial charge in [-0.1, -0.05) is 13.8 Å². The van der Waals surface area contributed by atoms with Gasteiger partial charge in [0.05, 0.1) is 17.3 Å². The van der Waals surface area contributed by atoms with Crippen LogP contribution in [-0.4, -0.2) is 23.1 Å². The number of Topliss-reactive ketones (excluding diaryl/α,β-unsaturated/α-hetero) is 1. The van der Waals surface area contributed by atoms with Crippen molar-refractivity contribution in [3.63, 3.8) is 0 Å². The maximum atomic E-state index is 13.1. The molecule has 0 aromatic heterocycles. The van der Waals surface area contributed by atoms with Crippen LogP contribution in [0.3, 0.4) is 0 Å². The minimum Gasteiger partial charge on any atom is -0.487 e. The summed E-state index contributed by atoms with van der Waals surface area (Å²) in [6.45, 7) is 8.66. The number of carbonyl (C=O) groups excluding carboxylic acids is 1. The Kier molecular flexibility index (Phi) is 2.80. The highest BCUT2D eigenvalue weighted by Crippen LogP contribution is 2.53. The molecule has 5 atom stereocenters. The van der Waals surface area contributed by atoms with Crippen LogP contribution < -0.4 is 0 Å². The molecule has 0 saturated carbocycles. The van der Waals surface area contributed by atoms with E-state index in [1.165, 1.54) is 0 Å². The lowest BCUT2D eigenvalue weighted by Crippen LogP contribution is -2.43. The van der Waals surface area contributed by atoms with Crippen LogP contribution in [0, 0.1) is 11.3 Å². The first-order valence-corrected chi connectivity index (χ1v) is 8.60. The maximum Gasteiger partial charge on any atom is 0.172 e. The fraction of sp³-hybridized carbons (Fsp3) is 0.737. The predicted molar refractivity (Wildman–Crippen MR) is 84.3 cm³/mol. The zero-order chi connectivity index (χ0) is 15.8. The number of rotatable bonds is 0. The average molecular weight is 302 g/mol. The van der Waals surface area contributed by atoms with Gasteiger partial charge in [0.15, 0.2) is 5.78 Å². The minimum absolute atomic E-state index is 0.0316. The van der Waals surface area contributed by atoms with E-state index < -0.39 is 0 Å². The Morgan fingerprint density at radius 2 is 1.95 bits per heavy atom. The number of ketones is 1. The lowest BCUT2D eigenvalue weighted by atomic mass is 9.63. The predicted octanol–water partition coefficient (Wildman–Crippen LogP) is 3.93. The molecule has 4 bridgehead atoms. The number of hydrogen-bond donors (Lipinski definition) is 0. The van der Waals surface area contributed by atoms with E-state index >= 15 is 0 Å². The third-order valence-electron chi connectivity index (χ3n) is 6.68. The van der Waals surface area contributed by atoms with Crippen LogP contribution >= 0.6 is 0 Å². The van der Waals surface area contributed by atoms with Crippen molar-refractivity contribution in [3.05, 3.63) is 23.5 Å². The van der Waals surface area contributed by atoms with Gasteiger partial charge >= 0.3 is 0 Å². The van der Waals surface area contributed by atoms with Crippen molar-refractivity contribution in [2.45, 2.75) is 77.1 Å². The Labute approximate surface area is 132 Å². The van der Waals surface area contributed by atoms with Crippen molar-refractivity contribution in [2.24, 2.45) is 11.3 Å². The molecular weight excluding hydrogens is 276 g/mol. The highest BCUT2D eigenvalue weighted by atomic mass is 16.6. The molecule has 0 spiro atoms. The third-order valence-corrected chi connectivity index (χ3v) is 6.68. The number of carbonyl (C=O) groups is 1. The zero-order valence-electron chi connectivity index (χ0n) is 14.1. The summed E-state index contributed by atoms with van der Waals surface area (Å²) < 4.78 is 12.3. The quantitative estimate of drug-likeness (QED) is 0.636. The van der Waals surface area contributed by atoms with Gasteiger partial charge in [0.2, 0.25) is 0 Å². The van der Waals surface area contributed by atoms with Crippen molar-refractivity contribution < 1.29 is 14.3 Å². The molecule has 3 heteroatoms. The molecule has 0 amide bonds. The van der Waals surface area contributed by atoms with Crippen molar-refractivity contribution in [2.75, 3.05) is 0 Å². The van der Waals surface area contributed by atoms with Gasteiger partial charge in [0.1, 0.15) is 11.4 Å². The molecule has 0 unspecified atom stereocenters. The molecule has 6 rings (SSSR count). The van der Waals surface area contributed by atoms with E-state index in [4.69, 9.17) is 9.47 Å². The molecule has 2 saturated heterocycles. The monoisotopic (exact) mass is 302 g/mol. The lowest BCUT2D eigenvalue weighted by molar-refractivity contribution is -0.129. The molecular formula is C19H26O3. The number of hydrogen-bond acceptors (Lipinski definition) is 3. The van der Waals surface area contributed by atoms with Crippen molar-refractivity contribution >= 4 is 5.78 Å². The summed E-state index contributed by atoms with van der Waals surface area (Å²) in [4.78, 5) is 13.1. The first-order chi connectivity index (χ1) is 10.3. The molecule has 0 radical (unpaired) electrons. The fourth-order valence-electron chi connectivity index (χ4n) is 4.41. The standard InChI is InChI=1S/C19H26O3/c1-12-11-14-13-5-7-17(2,21-14)8-6-15-19(4,22-15)10-9-18(12,3)16(13)20/h5,7,12,15H,6,8-11H2,1-4H3/t12-,15+,17-,18+,19-/m1/s1. The number of epoxide rings is 1. The van der Waals surface area contributed by atoms with Crippen LogP contribution in [0.25, 0.3) is 0 Å². The summed E-state index contributed by atoms with van der Waals surface area (Å²) in [5, 5.41) is 0. The van der Waals surface area contributed by atoms with Gasteiger partial charge in [-0.15, -0.1) is 0 Å². The van der Waals surface area contributed by atoms with E-state index in [1.807, 2.05) is 6.08 Å². The molecule has 2 aliphatic carbocycles. The van der Waals surface area contributed by atoms with Gasteiger partial charge in [0.25, 0.3) is 0 Å². The molecule has 22 heavy (non-hydrogen) atoms. The van der Waals surface area contributed by atoms with Crippen LogP contribution in [-0.2, 0) is 14.3 Å². The molecule has 4 heterocycles. The number of fused-ring (bicyclic) bond motifs is 1. The summed E-state index contributed by atoms with van der Waals surface area (Å²) in [7, 11) is 0. The van der Waals surface area contributed by atoms with E-state index in [1.54, 1.807) is 0 Å². The largest absolute Gasteiger partial charge is 0.487 e. The Morgan fingerprint density at radius 1 is 1.18 bits per heavy atom. The summed E-state index contributed by atoms with van der Waals surface area (Å²) in [5.74, 6) is 1.50. The summed E-state index contributed by atoms with van der Waals surface area (Å²) in [6.07, 6.45) is 9.17. The molecule has 0 aromatic carbocycles. The average Bonchev–Trinajstić information content (AvgIpc) is 3.11. The Hall–Kier alpha value is -1.09. The normalized spacial score (nSPS) is 50.3. The second-order valence-corrected chi connectivity index (χ2v) is 8.39. The van der Waals surface area contributed by atoms with E-state index in [0.717, 1.165) is 43.4 Å². The molecule has 0 aromatic rings. The molecule has 120 valence electrons. The van der Waals surface area contributed by atoms with Gasteiger partial charge in [-0.2, -0.15) is 0 Å². The third kappa shape index (κ3) is 1.94. The van der Waals surface area contributed by atoms with E-state index in [0.29, 0.717) is 12.0 Å². The Balaban J connectivity index is 1.77. The SMILES string of the molecule is C[C@@H]1CC2=C3C=C[C@](C)(CC[C@@H]4O[C@]4(C)CC[C@]1(C)C3=O)O2. The van der Waals surface area contributed by atoms with Gasteiger partial charge in [-0.25, -0.2) is 0 Å². The molecule has 4 aliphatic heterocycles. The van der Waals surface area contributed by atoms with Crippen LogP contribution in [0.1, 0.15) is 59.8 Å². The Morgan fingerprint density at radius 3 is 2.73 bits per heavy atom. The number of allylic oxidation sites excluding steroid dienone is 3. The first-order valence-electron chi connectivity index (χ1n) is 8.60.